The number of anilines is 1. The minimum Gasteiger partial charge on any atom is -0.360 e. The largest absolute Gasteiger partial charge is 0.360 e. The van der Waals surface area contributed by atoms with Gasteiger partial charge in [0.15, 0.2) is 5.78 Å². The highest BCUT2D eigenvalue weighted by Crippen LogP contribution is 2.20. The van der Waals surface area contributed by atoms with Crippen molar-refractivity contribution in [3.8, 4) is 0 Å². The molecule has 3 aromatic rings. The molecule has 0 unspecified atom stereocenters. The van der Waals surface area contributed by atoms with Crippen LogP contribution in [0.15, 0.2) is 73.1 Å². The summed E-state index contributed by atoms with van der Waals surface area (Å²) in [4.78, 5) is 22.5. The van der Waals surface area contributed by atoms with Crippen LogP contribution in [0.25, 0.3) is 0 Å². The molecule has 0 amide bonds. The Morgan fingerprint density at radius 2 is 1.38 bits per heavy atom. The Bertz CT molecular complexity index is 745. The first-order valence-electron chi connectivity index (χ1n) is 7.88. The summed E-state index contributed by atoms with van der Waals surface area (Å²) in [5.41, 5.74) is 3.74. The lowest BCUT2D eigenvalue weighted by Gasteiger charge is -2.24. The van der Waals surface area contributed by atoms with Gasteiger partial charge in [0.2, 0.25) is 0 Å². The molecule has 4 nitrogen and oxygen atoms in total. The van der Waals surface area contributed by atoms with Crippen molar-refractivity contribution in [3.05, 3.63) is 90.0 Å². The number of carbonyl (C=O) groups is 1. The van der Waals surface area contributed by atoms with E-state index in [4.69, 9.17) is 0 Å². The fraction of sp³-hybridized carbons (Fsp3) is 0.150. The minimum absolute atomic E-state index is 0.0718. The van der Waals surface area contributed by atoms with Crippen molar-refractivity contribution >= 4 is 11.5 Å². The number of aromatic nitrogens is 2. The summed E-state index contributed by atoms with van der Waals surface area (Å²) in [6.45, 7) is 2.93. The normalized spacial score (nSPS) is 10.4. The number of pyridine rings is 2. The predicted molar refractivity (Wildman–Crippen MR) is 94.8 cm³/mol. The molecule has 0 aliphatic rings. The molecule has 0 aliphatic heterocycles. The van der Waals surface area contributed by atoms with Crippen LogP contribution in [0.1, 0.15) is 28.7 Å². The fourth-order valence-electron chi connectivity index (χ4n) is 2.52. The van der Waals surface area contributed by atoms with Gasteiger partial charge in [0.1, 0.15) is 0 Å². The van der Waals surface area contributed by atoms with E-state index in [0.29, 0.717) is 13.1 Å². The molecule has 120 valence electrons. The first-order chi connectivity index (χ1) is 11.7. The van der Waals surface area contributed by atoms with Gasteiger partial charge in [0, 0.05) is 23.6 Å². The molecule has 1 aromatic carbocycles. The lowest BCUT2D eigenvalue weighted by molar-refractivity contribution is 0.101. The van der Waals surface area contributed by atoms with Gasteiger partial charge < -0.3 is 4.90 Å². The molecule has 0 saturated carbocycles. The lowest BCUT2D eigenvalue weighted by atomic mass is 10.1. The van der Waals surface area contributed by atoms with Crippen molar-refractivity contribution in [1.82, 2.24) is 9.97 Å². The van der Waals surface area contributed by atoms with Crippen LogP contribution in [0.4, 0.5) is 5.69 Å². The highest BCUT2D eigenvalue weighted by Gasteiger charge is 2.10. The van der Waals surface area contributed by atoms with Crippen molar-refractivity contribution in [1.29, 1.82) is 0 Å². The molecule has 0 atom stereocenters. The second kappa shape index (κ2) is 7.51. The van der Waals surface area contributed by atoms with Crippen molar-refractivity contribution in [3.63, 3.8) is 0 Å². The first-order valence-corrected chi connectivity index (χ1v) is 7.88. The molecular formula is C20H19N3O. The number of hydrogen-bond acceptors (Lipinski definition) is 4. The average molecular weight is 317 g/mol. The standard InChI is InChI=1S/C20H19N3O/c1-16(24)17-8-10-20(11-9-17)23(14-18-6-2-4-12-21-18)15-19-7-3-5-13-22-19/h2-13H,14-15H2,1H3. The van der Waals surface area contributed by atoms with Gasteiger partial charge >= 0.3 is 0 Å². The Morgan fingerprint density at radius 3 is 1.79 bits per heavy atom. The van der Waals surface area contributed by atoms with Crippen LogP contribution in [0.3, 0.4) is 0 Å². The molecule has 2 aromatic heterocycles. The fourth-order valence-corrected chi connectivity index (χ4v) is 2.52. The molecule has 4 heteroatoms. The van der Waals surface area contributed by atoms with Gasteiger partial charge in [-0.25, -0.2) is 0 Å². The van der Waals surface area contributed by atoms with E-state index in [9.17, 15) is 4.79 Å². The zero-order valence-corrected chi connectivity index (χ0v) is 13.6. The van der Waals surface area contributed by atoms with Crippen LogP contribution in [0, 0.1) is 0 Å². The summed E-state index contributed by atoms with van der Waals surface area (Å²) < 4.78 is 0. The van der Waals surface area contributed by atoms with Gasteiger partial charge in [-0.1, -0.05) is 12.1 Å². The number of Topliss-reactive ketones (excluding diaryl/α,β-unsaturated/α-hetero) is 1. The van der Waals surface area contributed by atoms with E-state index in [0.717, 1.165) is 22.6 Å². The monoisotopic (exact) mass is 317 g/mol. The number of hydrogen-bond donors (Lipinski definition) is 0. The van der Waals surface area contributed by atoms with Crippen molar-refractivity contribution in [2.24, 2.45) is 0 Å². The zero-order valence-electron chi connectivity index (χ0n) is 13.6. The van der Waals surface area contributed by atoms with Gasteiger partial charge in [0.05, 0.1) is 24.5 Å². The smallest absolute Gasteiger partial charge is 0.159 e. The van der Waals surface area contributed by atoms with Gasteiger partial charge in [-0.2, -0.15) is 0 Å². The summed E-state index contributed by atoms with van der Waals surface area (Å²) in [6, 6.07) is 19.5. The summed E-state index contributed by atoms with van der Waals surface area (Å²) in [6.07, 6.45) is 3.60. The molecule has 0 spiro atoms. The molecule has 2 heterocycles. The second-order valence-electron chi connectivity index (χ2n) is 5.60. The Balaban J connectivity index is 1.87. The van der Waals surface area contributed by atoms with E-state index < -0.39 is 0 Å². The van der Waals surface area contributed by atoms with Crippen LogP contribution < -0.4 is 4.90 Å². The SMILES string of the molecule is CC(=O)c1ccc(N(Cc2ccccn2)Cc2ccccn2)cc1. The second-order valence-corrected chi connectivity index (χ2v) is 5.60. The summed E-state index contributed by atoms with van der Waals surface area (Å²) in [7, 11) is 0. The Morgan fingerprint density at radius 1 is 0.833 bits per heavy atom. The van der Waals surface area contributed by atoms with Crippen LogP contribution >= 0.6 is 0 Å². The van der Waals surface area contributed by atoms with E-state index >= 15 is 0 Å². The van der Waals surface area contributed by atoms with E-state index in [-0.39, 0.29) is 5.78 Å². The van der Waals surface area contributed by atoms with E-state index in [1.807, 2.05) is 60.7 Å². The maximum absolute atomic E-state index is 11.5. The Kier molecular flexibility index (Phi) is 4.96. The molecule has 0 aliphatic carbocycles. The maximum Gasteiger partial charge on any atom is 0.159 e. The lowest BCUT2D eigenvalue weighted by Crippen LogP contribution is -2.23. The maximum atomic E-state index is 11.5. The van der Waals surface area contributed by atoms with Crippen LogP contribution in [-0.4, -0.2) is 15.8 Å². The van der Waals surface area contributed by atoms with Crippen LogP contribution in [-0.2, 0) is 13.1 Å². The van der Waals surface area contributed by atoms with Crippen LogP contribution in [0.2, 0.25) is 0 Å². The third kappa shape index (κ3) is 4.04. The summed E-state index contributed by atoms with van der Waals surface area (Å²) in [5, 5.41) is 0. The number of nitrogens with zero attached hydrogens (tertiary/aromatic N) is 3. The molecule has 0 bridgehead atoms. The number of ketones is 1. The molecule has 0 fully saturated rings. The predicted octanol–water partition coefficient (Wildman–Crippen LogP) is 3.89. The van der Waals surface area contributed by atoms with Gasteiger partial charge in [0.25, 0.3) is 0 Å². The van der Waals surface area contributed by atoms with E-state index in [1.165, 1.54) is 0 Å². The molecule has 24 heavy (non-hydrogen) atoms. The van der Waals surface area contributed by atoms with Gasteiger partial charge in [-0.15, -0.1) is 0 Å². The molecule has 3 rings (SSSR count). The van der Waals surface area contributed by atoms with Crippen molar-refractivity contribution in [2.75, 3.05) is 4.90 Å². The minimum atomic E-state index is 0.0718. The molecule has 0 N–H and O–H groups in total. The molecule has 0 radical (unpaired) electrons. The topological polar surface area (TPSA) is 46.1 Å². The number of carbonyl (C=O) groups excluding carboxylic acids is 1. The average Bonchev–Trinajstić information content (AvgIpc) is 2.63. The highest BCUT2D eigenvalue weighted by atomic mass is 16.1. The van der Waals surface area contributed by atoms with E-state index in [1.54, 1.807) is 19.3 Å². The van der Waals surface area contributed by atoms with Crippen molar-refractivity contribution < 1.29 is 4.79 Å². The zero-order chi connectivity index (χ0) is 16.8. The third-order valence-electron chi connectivity index (χ3n) is 3.80. The van der Waals surface area contributed by atoms with Gasteiger partial charge in [-0.3, -0.25) is 14.8 Å². The summed E-state index contributed by atoms with van der Waals surface area (Å²) >= 11 is 0. The van der Waals surface area contributed by atoms with E-state index in [2.05, 4.69) is 14.9 Å². The molecule has 0 saturated heterocycles. The Hall–Kier alpha value is -3.01. The summed E-state index contributed by atoms with van der Waals surface area (Å²) in [5.74, 6) is 0.0718. The highest BCUT2D eigenvalue weighted by molar-refractivity contribution is 5.94. The van der Waals surface area contributed by atoms with Crippen LogP contribution in [0.5, 0.6) is 0 Å². The van der Waals surface area contributed by atoms with Gasteiger partial charge in [-0.05, 0) is 55.5 Å². The number of benzene rings is 1. The third-order valence-corrected chi connectivity index (χ3v) is 3.80. The Labute approximate surface area is 141 Å². The first kappa shape index (κ1) is 15.9. The molecular weight excluding hydrogens is 298 g/mol. The quantitative estimate of drug-likeness (QED) is 0.647. The number of rotatable bonds is 6. The van der Waals surface area contributed by atoms with Crippen molar-refractivity contribution in [2.45, 2.75) is 20.0 Å².